The van der Waals surface area contributed by atoms with Crippen LogP contribution < -0.4 is 5.73 Å². The summed E-state index contributed by atoms with van der Waals surface area (Å²) in [6.07, 6.45) is -4.11. The number of nitrogens with two attached hydrogens (primary N) is 1. The molecule has 1 aromatic heterocycles. The number of nitrogens with zero attached hydrogens (tertiary/aromatic N) is 3. The quantitative estimate of drug-likeness (QED) is 0.756. The largest absolute Gasteiger partial charge is 0.390 e. The minimum Gasteiger partial charge on any atom is -0.322 e. The van der Waals surface area contributed by atoms with Gasteiger partial charge in [-0.3, -0.25) is 0 Å². The molecule has 74 valence electrons. The van der Waals surface area contributed by atoms with E-state index in [0.717, 1.165) is 0 Å². The molecule has 1 atom stereocenters. The maximum absolute atomic E-state index is 11.9. The van der Waals surface area contributed by atoms with Crippen molar-refractivity contribution in [1.29, 1.82) is 0 Å². The van der Waals surface area contributed by atoms with E-state index in [1.807, 2.05) is 0 Å². The molecule has 0 spiro atoms. The first-order valence-corrected chi connectivity index (χ1v) is 3.57. The summed E-state index contributed by atoms with van der Waals surface area (Å²) in [6.45, 7) is 0. The van der Waals surface area contributed by atoms with Crippen molar-refractivity contribution in [2.24, 2.45) is 12.8 Å². The van der Waals surface area contributed by atoms with E-state index in [0.29, 0.717) is 0 Å². The van der Waals surface area contributed by atoms with Gasteiger partial charge in [0, 0.05) is 7.05 Å². The standard InChI is InChI=1S/C6H9F3N4/c1-13-11-3-5(12-13)4(10)2-6(7,8)9/h3-4H,2,10H2,1H3/t4-/m1/s1. The van der Waals surface area contributed by atoms with Gasteiger partial charge >= 0.3 is 6.18 Å². The van der Waals surface area contributed by atoms with E-state index in [-0.39, 0.29) is 5.69 Å². The number of alkyl halides is 3. The fourth-order valence-corrected chi connectivity index (χ4v) is 0.885. The summed E-state index contributed by atoms with van der Waals surface area (Å²) in [7, 11) is 1.52. The SMILES string of the molecule is Cn1ncc([C@H](N)CC(F)(F)F)n1. The first-order chi connectivity index (χ1) is 5.88. The van der Waals surface area contributed by atoms with Gasteiger partial charge in [0.1, 0.15) is 0 Å². The van der Waals surface area contributed by atoms with Gasteiger partial charge in [-0.2, -0.15) is 28.2 Å². The Morgan fingerprint density at radius 2 is 2.23 bits per heavy atom. The Hall–Kier alpha value is -1.11. The van der Waals surface area contributed by atoms with Crippen molar-refractivity contribution in [1.82, 2.24) is 15.0 Å². The van der Waals surface area contributed by atoms with Crippen molar-refractivity contribution in [2.75, 3.05) is 0 Å². The van der Waals surface area contributed by atoms with Gasteiger partial charge in [-0.1, -0.05) is 0 Å². The molecule has 2 N–H and O–H groups in total. The van der Waals surface area contributed by atoms with Gasteiger partial charge in [-0.25, -0.2) is 0 Å². The molecule has 0 unspecified atom stereocenters. The van der Waals surface area contributed by atoms with Crippen molar-refractivity contribution in [3.63, 3.8) is 0 Å². The molecule has 0 bridgehead atoms. The number of halogens is 3. The van der Waals surface area contributed by atoms with E-state index in [2.05, 4.69) is 10.2 Å². The Bertz CT molecular complexity index is 280. The summed E-state index contributed by atoms with van der Waals surface area (Å²) in [5.74, 6) is 0. The van der Waals surface area contributed by atoms with Gasteiger partial charge < -0.3 is 5.73 Å². The molecule has 0 radical (unpaired) electrons. The second-order valence-corrected chi connectivity index (χ2v) is 2.68. The fourth-order valence-electron chi connectivity index (χ4n) is 0.885. The summed E-state index contributed by atoms with van der Waals surface area (Å²) < 4.78 is 35.6. The number of hydrogen-bond donors (Lipinski definition) is 1. The predicted octanol–water partition coefficient (Wildman–Crippen LogP) is 0.767. The zero-order valence-electron chi connectivity index (χ0n) is 6.91. The first-order valence-electron chi connectivity index (χ1n) is 3.57. The van der Waals surface area contributed by atoms with Crippen molar-refractivity contribution >= 4 is 0 Å². The van der Waals surface area contributed by atoms with E-state index < -0.39 is 18.6 Å². The number of rotatable bonds is 2. The average molecular weight is 194 g/mol. The molecular formula is C6H9F3N4. The fraction of sp³-hybridized carbons (Fsp3) is 0.667. The Kier molecular flexibility index (Phi) is 2.55. The van der Waals surface area contributed by atoms with Crippen LogP contribution in [0, 0.1) is 0 Å². The third-order valence-corrected chi connectivity index (χ3v) is 1.45. The van der Waals surface area contributed by atoms with Crippen LogP contribution in [0.3, 0.4) is 0 Å². The predicted molar refractivity (Wildman–Crippen MR) is 38.6 cm³/mol. The van der Waals surface area contributed by atoms with E-state index in [4.69, 9.17) is 5.73 Å². The normalized spacial score (nSPS) is 14.5. The molecule has 1 aromatic rings. The zero-order valence-corrected chi connectivity index (χ0v) is 6.91. The summed E-state index contributed by atoms with van der Waals surface area (Å²) >= 11 is 0. The van der Waals surface area contributed by atoms with Gasteiger partial charge in [0.15, 0.2) is 0 Å². The highest BCUT2D eigenvalue weighted by Crippen LogP contribution is 2.26. The molecular weight excluding hydrogens is 185 g/mol. The molecule has 13 heavy (non-hydrogen) atoms. The van der Waals surface area contributed by atoms with Crippen molar-refractivity contribution in [2.45, 2.75) is 18.6 Å². The second-order valence-electron chi connectivity index (χ2n) is 2.68. The third-order valence-electron chi connectivity index (χ3n) is 1.45. The van der Waals surface area contributed by atoms with E-state index in [9.17, 15) is 13.2 Å². The van der Waals surface area contributed by atoms with Gasteiger partial charge in [0.2, 0.25) is 0 Å². The average Bonchev–Trinajstić information content (AvgIpc) is 2.31. The molecule has 0 aliphatic rings. The lowest BCUT2D eigenvalue weighted by Crippen LogP contribution is -2.20. The van der Waals surface area contributed by atoms with Gasteiger partial charge in [0.25, 0.3) is 0 Å². The van der Waals surface area contributed by atoms with Crippen LogP contribution in [0.1, 0.15) is 18.2 Å². The molecule has 0 aromatic carbocycles. The molecule has 0 fully saturated rings. The molecule has 7 heteroatoms. The van der Waals surface area contributed by atoms with Gasteiger partial charge in [-0.05, 0) is 0 Å². The van der Waals surface area contributed by atoms with E-state index in [1.165, 1.54) is 18.0 Å². The van der Waals surface area contributed by atoms with Crippen LogP contribution in [0.15, 0.2) is 6.20 Å². The Labute approximate surface area is 72.5 Å². The minimum atomic E-state index is -4.27. The molecule has 1 heterocycles. The Morgan fingerprint density at radius 3 is 2.62 bits per heavy atom. The molecule has 0 aliphatic heterocycles. The van der Waals surface area contributed by atoms with Gasteiger partial charge in [0.05, 0.1) is 24.4 Å². The van der Waals surface area contributed by atoms with Crippen LogP contribution in [-0.2, 0) is 7.05 Å². The Morgan fingerprint density at radius 1 is 1.62 bits per heavy atom. The minimum absolute atomic E-state index is 0.153. The zero-order chi connectivity index (χ0) is 10.1. The highest BCUT2D eigenvalue weighted by Gasteiger charge is 2.31. The van der Waals surface area contributed by atoms with Crippen LogP contribution in [0.5, 0.6) is 0 Å². The Balaban J connectivity index is 2.64. The van der Waals surface area contributed by atoms with Crippen LogP contribution in [-0.4, -0.2) is 21.2 Å². The van der Waals surface area contributed by atoms with Gasteiger partial charge in [-0.15, -0.1) is 0 Å². The van der Waals surface area contributed by atoms with Crippen LogP contribution in [0.25, 0.3) is 0 Å². The number of aryl methyl sites for hydroxylation is 1. The number of hydrogen-bond acceptors (Lipinski definition) is 3. The first kappa shape index (κ1) is 9.97. The molecule has 1 rings (SSSR count). The lowest BCUT2D eigenvalue weighted by Gasteiger charge is -2.10. The van der Waals surface area contributed by atoms with Crippen LogP contribution in [0.4, 0.5) is 13.2 Å². The topological polar surface area (TPSA) is 56.7 Å². The van der Waals surface area contributed by atoms with Crippen molar-refractivity contribution in [3.05, 3.63) is 11.9 Å². The lowest BCUT2D eigenvalue weighted by atomic mass is 10.1. The maximum Gasteiger partial charge on any atom is 0.390 e. The molecule has 0 amide bonds. The third kappa shape index (κ3) is 3.02. The highest BCUT2D eigenvalue weighted by atomic mass is 19.4. The molecule has 4 nitrogen and oxygen atoms in total. The molecule has 0 saturated carbocycles. The smallest absolute Gasteiger partial charge is 0.322 e. The summed E-state index contributed by atoms with van der Waals surface area (Å²) in [4.78, 5) is 1.17. The van der Waals surface area contributed by atoms with Crippen molar-refractivity contribution < 1.29 is 13.2 Å². The molecule has 0 aliphatic carbocycles. The maximum atomic E-state index is 11.9. The summed E-state index contributed by atoms with van der Waals surface area (Å²) in [5, 5.41) is 7.30. The molecule has 0 saturated heterocycles. The lowest BCUT2D eigenvalue weighted by molar-refractivity contribution is -0.138. The highest BCUT2D eigenvalue weighted by molar-refractivity contribution is 4.99. The second kappa shape index (κ2) is 3.33. The van der Waals surface area contributed by atoms with Crippen molar-refractivity contribution in [3.8, 4) is 0 Å². The van der Waals surface area contributed by atoms with Crippen LogP contribution in [0.2, 0.25) is 0 Å². The summed E-state index contributed by atoms with van der Waals surface area (Å²) in [6, 6.07) is -1.13. The van der Waals surface area contributed by atoms with E-state index >= 15 is 0 Å². The van der Waals surface area contributed by atoms with Crippen LogP contribution >= 0.6 is 0 Å². The summed E-state index contributed by atoms with van der Waals surface area (Å²) in [5.41, 5.74) is 5.41. The monoisotopic (exact) mass is 194 g/mol. The number of aromatic nitrogens is 3. The van der Waals surface area contributed by atoms with E-state index in [1.54, 1.807) is 0 Å².